The van der Waals surface area contributed by atoms with Crippen molar-refractivity contribution in [2.24, 2.45) is 5.73 Å². The molecule has 0 spiro atoms. The number of hydrazine groups is 1. The topological polar surface area (TPSA) is 90.6 Å². The van der Waals surface area contributed by atoms with Crippen LogP contribution in [0.1, 0.15) is 50.3 Å². The van der Waals surface area contributed by atoms with Gasteiger partial charge in [0.2, 0.25) is 0 Å². The Bertz CT molecular complexity index is 950. The van der Waals surface area contributed by atoms with Crippen LogP contribution in [0.15, 0.2) is 48.0 Å². The highest BCUT2D eigenvalue weighted by Crippen LogP contribution is 2.37. The lowest BCUT2D eigenvalue weighted by Gasteiger charge is -2.36. The van der Waals surface area contributed by atoms with Crippen molar-refractivity contribution in [2.45, 2.75) is 58.7 Å². The monoisotopic (exact) mass is 422 g/mol. The normalized spacial score (nSPS) is 15.3. The smallest absolute Gasteiger partial charge is 0.130 e. The molecule has 0 saturated carbocycles. The lowest BCUT2D eigenvalue weighted by atomic mass is 9.89. The number of anilines is 2. The fraction of sp³-hybridized carbons (Fsp3) is 0.400. The van der Waals surface area contributed by atoms with Gasteiger partial charge in [-0.2, -0.15) is 0 Å². The number of benzene rings is 2. The van der Waals surface area contributed by atoms with E-state index in [9.17, 15) is 9.90 Å². The van der Waals surface area contributed by atoms with Crippen LogP contribution in [-0.4, -0.2) is 30.2 Å². The van der Waals surface area contributed by atoms with Crippen molar-refractivity contribution in [1.82, 2.24) is 5.43 Å². The maximum atomic E-state index is 11.3. The Balaban J connectivity index is 2.03. The van der Waals surface area contributed by atoms with E-state index < -0.39 is 6.23 Å². The molecule has 1 aliphatic carbocycles. The van der Waals surface area contributed by atoms with Crippen LogP contribution in [0.2, 0.25) is 0 Å². The second-order valence-corrected chi connectivity index (χ2v) is 8.36. The Morgan fingerprint density at radius 3 is 2.52 bits per heavy atom. The minimum Gasteiger partial charge on any atom is -0.388 e. The number of nitrogens with two attached hydrogens (primary N) is 1. The number of fused-ring (bicyclic) bond motifs is 1. The molecule has 6 heteroatoms. The van der Waals surface area contributed by atoms with Crippen LogP contribution < -0.4 is 21.5 Å². The number of aliphatic hydroxyl groups excluding tert-OH is 1. The van der Waals surface area contributed by atoms with E-state index in [-0.39, 0.29) is 11.8 Å². The van der Waals surface area contributed by atoms with Crippen molar-refractivity contribution in [1.29, 1.82) is 0 Å². The summed E-state index contributed by atoms with van der Waals surface area (Å²) in [5.41, 5.74) is 17.1. The van der Waals surface area contributed by atoms with Crippen molar-refractivity contribution in [3.05, 3.63) is 64.7 Å². The fourth-order valence-electron chi connectivity index (χ4n) is 3.83. The standard InChI is InChI=1S/C25H34N4O2/c1-16-5-10-20-11-12-21(27-4)15-23(20)24(16)29(28-18(3)25(26)31)22-13-8-19(9-14-22)7-6-17(2)30/h8-9,11-15,18,25,27-28,31H,5-7,10,26H2,1-4H3. The van der Waals surface area contributed by atoms with Crippen molar-refractivity contribution in [3.63, 3.8) is 0 Å². The quantitative estimate of drug-likeness (QED) is 0.365. The summed E-state index contributed by atoms with van der Waals surface area (Å²) in [7, 11) is 1.92. The number of aliphatic hydroxyl groups is 1. The first-order valence-corrected chi connectivity index (χ1v) is 10.9. The predicted octanol–water partition coefficient (Wildman–Crippen LogP) is 3.60. The van der Waals surface area contributed by atoms with Gasteiger partial charge in [0.1, 0.15) is 12.0 Å². The molecule has 31 heavy (non-hydrogen) atoms. The number of allylic oxidation sites excluding steroid dienone is 1. The van der Waals surface area contributed by atoms with Gasteiger partial charge in [0.25, 0.3) is 0 Å². The SMILES string of the molecule is CNc1ccc2c(c1)C(N(NC(C)C(N)O)c1ccc(CCC(C)=O)cc1)=C(C)CC2. The molecule has 2 atom stereocenters. The molecule has 5 N–H and O–H groups in total. The molecular formula is C25H34N4O2. The van der Waals surface area contributed by atoms with Gasteiger partial charge in [-0.25, -0.2) is 5.43 Å². The van der Waals surface area contributed by atoms with Gasteiger partial charge >= 0.3 is 0 Å². The number of carbonyl (C=O) groups is 1. The van der Waals surface area contributed by atoms with E-state index in [4.69, 9.17) is 5.73 Å². The average Bonchev–Trinajstić information content (AvgIpc) is 2.76. The molecule has 0 heterocycles. The number of ketones is 1. The van der Waals surface area contributed by atoms with Crippen LogP contribution >= 0.6 is 0 Å². The molecule has 0 aromatic heterocycles. The Kier molecular flexibility index (Phi) is 7.49. The maximum absolute atomic E-state index is 11.3. The summed E-state index contributed by atoms with van der Waals surface area (Å²) in [6.07, 6.45) is 2.25. The molecule has 0 radical (unpaired) electrons. The minimum atomic E-state index is -0.995. The fourth-order valence-corrected chi connectivity index (χ4v) is 3.83. The van der Waals surface area contributed by atoms with E-state index in [1.165, 1.54) is 16.7 Å². The molecule has 0 bridgehead atoms. The van der Waals surface area contributed by atoms with Crippen LogP contribution in [0.3, 0.4) is 0 Å². The highest BCUT2D eigenvalue weighted by molar-refractivity contribution is 5.84. The third-order valence-corrected chi connectivity index (χ3v) is 5.86. The lowest BCUT2D eigenvalue weighted by molar-refractivity contribution is -0.116. The van der Waals surface area contributed by atoms with E-state index in [2.05, 4.69) is 60.1 Å². The summed E-state index contributed by atoms with van der Waals surface area (Å²) >= 11 is 0. The molecule has 2 aromatic carbocycles. The zero-order chi connectivity index (χ0) is 22.5. The van der Waals surface area contributed by atoms with Crippen molar-refractivity contribution >= 4 is 22.9 Å². The summed E-state index contributed by atoms with van der Waals surface area (Å²) in [5, 5.41) is 15.2. The molecule has 2 unspecified atom stereocenters. The van der Waals surface area contributed by atoms with Gasteiger partial charge in [0.15, 0.2) is 0 Å². The van der Waals surface area contributed by atoms with E-state index in [1.807, 2.05) is 19.0 Å². The van der Waals surface area contributed by atoms with Crippen LogP contribution in [-0.2, 0) is 17.6 Å². The lowest BCUT2D eigenvalue weighted by Crippen LogP contribution is -2.51. The minimum absolute atomic E-state index is 0.193. The van der Waals surface area contributed by atoms with Gasteiger partial charge in [-0.3, -0.25) is 5.01 Å². The van der Waals surface area contributed by atoms with Gasteiger partial charge in [-0.15, -0.1) is 0 Å². The highest BCUT2D eigenvalue weighted by atomic mass is 16.3. The van der Waals surface area contributed by atoms with Crippen LogP contribution in [0.4, 0.5) is 11.4 Å². The summed E-state index contributed by atoms with van der Waals surface area (Å²) in [6, 6.07) is 14.3. The van der Waals surface area contributed by atoms with Crippen LogP contribution in [0.25, 0.3) is 5.70 Å². The molecule has 0 fully saturated rings. The Hall–Kier alpha value is -2.67. The summed E-state index contributed by atoms with van der Waals surface area (Å²) in [4.78, 5) is 11.3. The second-order valence-electron chi connectivity index (χ2n) is 8.36. The first-order chi connectivity index (χ1) is 14.8. The Labute approximate surface area is 185 Å². The largest absolute Gasteiger partial charge is 0.388 e. The highest BCUT2D eigenvalue weighted by Gasteiger charge is 2.25. The summed E-state index contributed by atoms with van der Waals surface area (Å²) < 4.78 is 0. The number of carbonyl (C=O) groups excluding carboxylic acids is 1. The Morgan fingerprint density at radius 1 is 1.19 bits per heavy atom. The zero-order valence-corrected chi connectivity index (χ0v) is 18.9. The number of hydrogen-bond donors (Lipinski definition) is 4. The summed E-state index contributed by atoms with van der Waals surface area (Å²) in [6.45, 7) is 5.64. The van der Waals surface area contributed by atoms with Gasteiger partial charge in [0, 0.05) is 24.7 Å². The molecule has 0 amide bonds. The summed E-state index contributed by atoms with van der Waals surface area (Å²) in [5.74, 6) is 0.193. The van der Waals surface area contributed by atoms with Crippen molar-refractivity contribution in [3.8, 4) is 0 Å². The molecule has 3 rings (SSSR count). The third-order valence-electron chi connectivity index (χ3n) is 5.86. The van der Waals surface area contributed by atoms with Gasteiger partial charge in [-0.1, -0.05) is 18.2 Å². The number of Topliss-reactive ketones (excluding diaryl/α,β-unsaturated/α-hetero) is 1. The third kappa shape index (κ3) is 5.53. The maximum Gasteiger partial charge on any atom is 0.130 e. The van der Waals surface area contributed by atoms with Crippen molar-refractivity contribution < 1.29 is 9.90 Å². The zero-order valence-electron chi connectivity index (χ0n) is 18.9. The first-order valence-electron chi connectivity index (χ1n) is 10.9. The van der Waals surface area contributed by atoms with E-state index in [0.29, 0.717) is 6.42 Å². The van der Waals surface area contributed by atoms with Crippen LogP contribution in [0, 0.1) is 0 Å². The Morgan fingerprint density at radius 2 is 1.90 bits per heavy atom. The second kappa shape index (κ2) is 10.1. The van der Waals surface area contributed by atoms with E-state index in [1.54, 1.807) is 6.92 Å². The number of hydrogen-bond acceptors (Lipinski definition) is 6. The van der Waals surface area contributed by atoms with Crippen LogP contribution in [0.5, 0.6) is 0 Å². The van der Waals surface area contributed by atoms with Crippen molar-refractivity contribution in [2.75, 3.05) is 17.4 Å². The number of nitrogens with zero attached hydrogens (tertiary/aromatic N) is 1. The predicted molar refractivity (Wildman–Crippen MR) is 128 cm³/mol. The van der Waals surface area contributed by atoms with Gasteiger partial charge < -0.3 is 21.0 Å². The number of aryl methyl sites for hydroxylation is 2. The molecule has 2 aromatic rings. The first kappa shape index (κ1) is 23.0. The number of nitrogens with one attached hydrogen (secondary N) is 2. The molecule has 1 aliphatic rings. The molecule has 6 nitrogen and oxygen atoms in total. The number of rotatable bonds is 9. The molecule has 0 saturated heterocycles. The molecule has 166 valence electrons. The van der Waals surface area contributed by atoms with Gasteiger partial charge in [0.05, 0.1) is 17.4 Å². The van der Waals surface area contributed by atoms with E-state index >= 15 is 0 Å². The van der Waals surface area contributed by atoms with E-state index in [0.717, 1.165) is 41.9 Å². The molecular weight excluding hydrogens is 388 g/mol. The van der Waals surface area contributed by atoms with Gasteiger partial charge in [-0.05, 0) is 81.0 Å². The average molecular weight is 423 g/mol. The molecule has 0 aliphatic heterocycles.